The van der Waals surface area contributed by atoms with E-state index in [1.807, 2.05) is 6.07 Å². The number of hydrogen-bond donors (Lipinski definition) is 1. The van der Waals surface area contributed by atoms with Gasteiger partial charge < -0.3 is 10.7 Å². The molecule has 0 fully saturated rings. The fourth-order valence-electron chi connectivity index (χ4n) is 0.977. The Balaban J connectivity index is 2.43. The third kappa shape index (κ3) is 1.70. The van der Waals surface area contributed by atoms with Crippen molar-refractivity contribution < 1.29 is 0 Å². The summed E-state index contributed by atoms with van der Waals surface area (Å²) in [7, 11) is 0. The first-order valence-electron chi connectivity index (χ1n) is 3.76. The van der Waals surface area contributed by atoms with Gasteiger partial charge in [-0.1, -0.05) is 22.9 Å². The van der Waals surface area contributed by atoms with Crippen LogP contribution in [0.4, 0.5) is 5.00 Å². The van der Waals surface area contributed by atoms with Crippen molar-refractivity contribution in [1.29, 1.82) is 0 Å². The molecule has 2 rings (SSSR count). The van der Waals surface area contributed by atoms with Crippen molar-refractivity contribution in [2.45, 2.75) is 0 Å². The van der Waals surface area contributed by atoms with Crippen LogP contribution in [0.2, 0.25) is 5.15 Å². The van der Waals surface area contributed by atoms with Crippen LogP contribution in [0.25, 0.3) is 10.6 Å². The maximum atomic E-state index is 10.4. The number of aromatic nitrogens is 2. The molecule has 0 atom stereocenters. The molecule has 0 aliphatic heterocycles. The summed E-state index contributed by atoms with van der Waals surface area (Å²) in [4.78, 5) is 7.98. The molecule has 1 N–H and O–H groups in total. The molecule has 0 saturated carbocycles. The smallest absolute Gasteiger partial charge is 0.163 e. The van der Waals surface area contributed by atoms with Crippen molar-refractivity contribution in [1.82, 2.24) is 9.97 Å². The van der Waals surface area contributed by atoms with Crippen LogP contribution in [-0.4, -0.2) is 9.97 Å². The molecule has 2 aromatic rings. The third-order valence-corrected chi connectivity index (χ3v) is 2.97. The molecule has 2 heterocycles. The van der Waals surface area contributed by atoms with E-state index in [9.17, 15) is 5.21 Å². The SMILES string of the molecule is [O-]Nc1sc(-c2cccnc2)nc1Cl. The normalized spacial score (nSPS) is 10.1. The molecular weight excluding hydrogens is 222 g/mol. The highest BCUT2D eigenvalue weighted by molar-refractivity contribution is 7.19. The molecule has 2 aromatic heterocycles. The Morgan fingerprint density at radius 3 is 2.93 bits per heavy atom. The number of rotatable bonds is 2. The molecule has 0 radical (unpaired) electrons. The van der Waals surface area contributed by atoms with E-state index in [0.717, 1.165) is 5.56 Å². The van der Waals surface area contributed by atoms with Crippen molar-refractivity contribution in [2.24, 2.45) is 0 Å². The zero-order chi connectivity index (χ0) is 9.97. The zero-order valence-electron chi connectivity index (χ0n) is 6.90. The maximum absolute atomic E-state index is 10.4. The van der Waals surface area contributed by atoms with E-state index in [0.29, 0.717) is 10.0 Å². The minimum Gasteiger partial charge on any atom is -0.760 e. The molecule has 0 unspecified atom stereocenters. The minimum atomic E-state index is 0.198. The number of pyridine rings is 1. The Morgan fingerprint density at radius 2 is 2.36 bits per heavy atom. The van der Waals surface area contributed by atoms with Gasteiger partial charge in [-0.3, -0.25) is 4.98 Å². The van der Waals surface area contributed by atoms with Crippen molar-refractivity contribution in [3.8, 4) is 10.6 Å². The van der Waals surface area contributed by atoms with E-state index in [1.165, 1.54) is 11.3 Å². The number of nitrogens with zero attached hydrogens (tertiary/aromatic N) is 2. The Bertz CT molecular complexity index is 431. The number of thiazole rings is 1. The Kier molecular flexibility index (Phi) is 2.62. The fraction of sp³-hybridized carbons (Fsp3) is 0. The molecule has 0 bridgehead atoms. The number of nitrogens with one attached hydrogen (secondary N) is 1. The molecular formula is C8H5ClN3OS-. The average Bonchev–Trinajstić information content (AvgIpc) is 2.61. The van der Waals surface area contributed by atoms with Crippen LogP contribution in [0.3, 0.4) is 0 Å². The topological polar surface area (TPSA) is 60.9 Å². The van der Waals surface area contributed by atoms with Crippen LogP contribution in [0.15, 0.2) is 24.5 Å². The second kappa shape index (κ2) is 3.91. The molecule has 0 aromatic carbocycles. The first-order valence-corrected chi connectivity index (χ1v) is 4.95. The average molecular weight is 227 g/mol. The summed E-state index contributed by atoms with van der Waals surface area (Å²) in [5, 5.41) is 11.6. The van der Waals surface area contributed by atoms with Gasteiger partial charge in [-0.05, 0) is 12.1 Å². The summed E-state index contributed by atoms with van der Waals surface area (Å²) in [6, 6.07) is 3.66. The van der Waals surface area contributed by atoms with Crippen LogP contribution in [0.1, 0.15) is 0 Å². The van der Waals surface area contributed by atoms with Crippen molar-refractivity contribution in [3.63, 3.8) is 0 Å². The number of halogens is 1. The largest absolute Gasteiger partial charge is 0.760 e. The molecule has 0 amide bonds. The summed E-state index contributed by atoms with van der Waals surface area (Å²) < 4.78 is 0. The third-order valence-electron chi connectivity index (χ3n) is 1.59. The van der Waals surface area contributed by atoms with Crippen LogP contribution >= 0.6 is 22.9 Å². The summed E-state index contributed by atoms with van der Waals surface area (Å²) >= 11 is 6.92. The lowest BCUT2D eigenvalue weighted by Crippen LogP contribution is -1.79. The van der Waals surface area contributed by atoms with Crippen molar-refractivity contribution in [3.05, 3.63) is 34.9 Å². The van der Waals surface area contributed by atoms with E-state index in [2.05, 4.69) is 9.97 Å². The van der Waals surface area contributed by atoms with Gasteiger partial charge in [-0.25, -0.2) is 4.98 Å². The second-order valence-electron chi connectivity index (χ2n) is 2.48. The van der Waals surface area contributed by atoms with E-state index in [4.69, 9.17) is 11.6 Å². The van der Waals surface area contributed by atoms with Crippen LogP contribution < -0.4 is 5.48 Å². The lowest BCUT2D eigenvalue weighted by Gasteiger charge is -2.03. The standard InChI is InChI=1S/C8H5ClN3OS/c9-6-8(12-13)14-7(11-6)5-2-1-3-10-4-5/h1-4,12H/q-1. The van der Waals surface area contributed by atoms with Gasteiger partial charge in [0.25, 0.3) is 0 Å². The predicted molar refractivity (Wildman–Crippen MR) is 57.3 cm³/mol. The Labute approximate surface area is 89.2 Å². The first-order chi connectivity index (χ1) is 6.81. The van der Waals surface area contributed by atoms with Gasteiger partial charge in [0.2, 0.25) is 0 Å². The van der Waals surface area contributed by atoms with Crippen LogP contribution in [-0.2, 0) is 0 Å². The van der Waals surface area contributed by atoms with Crippen LogP contribution in [0.5, 0.6) is 0 Å². The molecule has 4 nitrogen and oxygen atoms in total. The lowest BCUT2D eigenvalue weighted by molar-refractivity contribution is 1.31. The van der Waals surface area contributed by atoms with E-state index < -0.39 is 0 Å². The zero-order valence-corrected chi connectivity index (χ0v) is 8.47. The number of hydrogen-bond acceptors (Lipinski definition) is 5. The van der Waals surface area contributed by atoms with Crippen molar-refractivity contribution in [2.75, 3.05) is 5.48 Å². The van der Waals surface area contributed by atoms with Gasteiger partial charge in [0.15, 0.2) is 5.15 Å². The Morgan fingerprint density at radius 1 is 1.50 bits per heavy atom. The molecule has 0 aliphatic rings. The van der Waals surface area contributed by atoms with Gasteiger partial charge in [0.1, 0.15) is 10.0 Å². The Hall–Kier alpha value is -1.17. The molecule has 0 spiro atoms. The summed E-state index contributed by atoms with van der Waals surface area (Å²) in [6.45, 7) is 0. The van der Waals surface area contributed by atoms with Gasteiger partial charge >= 0.3 is 0 Å². The van der Waals surface area contributed by atoms with Gasteiger partial charge in [0.05, 0.1) is 0 Å². The molecule has 0 aliphatic carbocycles. The maximum Gasteiger partial charge on any atom is 0.163 e. The second-order valence-corrected chi connectivity index (χ2v) is 3.84. The highest BCUT2D eigenvalue weighted by Gasteiger charge is 2.07. The lowest BCUT2D eigenvalue weighted by atomic mass is 10.3. The first kappa shape index (κ1) is 9.39. The van der Waals surface area contributed by atoms with Gasteiger partial charge in [-0.15, -0.1) is 0 Å². The summed E-state index contributed by atoms with van der Waals surface area (Å²) in [5.41, 5.74) is 2.59. The summed E-state index contributed by atoms with van der Waals surface area (Å²) in [6.07, 6.45) is 3.34. The molecule has 0 saturated heterocycles. The van der Waals surface area contributed by atoms with Crippen LogP contribution in [0, 0.1) is 5.21 Å². The van der Waals surface area contributed by atoms with E-state index in [-0.39, 0.29) is 5.15 Å². The predicted octanol–water partition coefficient (Wildman–Crippen LogP) is 2.77. The molecule has 6 heteroatoms. The highest BCUT2D eigenvalue weighted by Crippen LogP contribution is 2.34. The monoisotopic (exact) mass is 226 g/mol. The van der Waals surface area contributed by atoms with Gasteiger partial charge in [-0.2, -0.15) is 0 Å². The fourth-order valence-corrected chi connectivity index (χ4v) is 2.01. The minimum absolute atomic E-state index is 0.198. The van der Waals surface area contributed by atoms with E-state index in [1.54, 1.807) is 23.9 Å². The highest BCUT2D eigenvalue weighted by atomic mass is 35.5. The van der Waals surface area contributed by atoms with Gasteiger partial charge in [0, 0.05) is 18.0 Å². The summed E-state index contributed by atoms with van der Waals surface area (Å²) in [5.74, 6) is 0. The molecule has 72 valence electrons. The molecule has 14 heavy (non-hydrogen) atoms. The van der Waals surface area contributed by atoms with E-state index >= 15 is 0 Å². The quantitative estimate of drug-likeness (QED) is 0.800. The van der Waals surface area contributed by atoms with Crippen molar-refractivity contribution >= 4 is 27.9 Å². The number of anilines is 1.